The summed E-state index contributed by atoms with van der Waals surface area (Å²) in [5.41, 5.74) is 1.44. The van der Waals surface area contributed by atoms with Gasteiger partial charge in [0, 0.05) is 12.6 Å². The van der Waals surface area contributed by atoms with Crippen LogP contribution in [0.25, 0.3) is 0 Å². The Balaban J connectivity index is 1.43. The Hall–Kier alpha value is -3.75. The summed E-state index contributed by atoms with van der Waals surface area (Å²) in [5.74, 6) is -1.74. The Morgan fingerprint density at radius 2 is 1.74 bits per heavy atom. The second-order valence-corrected chi connectivity index (χ2v) is 8.81. The number of hydrogen-bond donors (Lipinski definition) is 1. The predicted molar refractivity (Wildman–Crippen MR) is 124 cm³/mol. The van der Waals surface area contributed by atoms with E-state index in [0.717, 1.165) is 42.6 Å². The topological polar surface area (TPSA) is 96.0 Å². The number of carbonyl (C=O) groups is 4. The van der Waals surface area contributed by atoms with Crippen LogP contribution in [0.4, 0.5) is 9.18 Å². The van der Waals surface area contributed by atoms with Crippen molar-refractivity contribution >= 4 is 23.8 Å². The second-order valence-electron chi connectivity index (χ2n) is 8.81. The lowest BCUT2D eigenvalue weighted by Gasteiger charge is -2.34. The van der Waals surface area contributed by atoms with Gasteiger partial charge in [0.2, 0.25) is 5.91 Å². The summed E-state index contributed by atoms with van der Waals surface area (Å²) in [6.07, 6.45) is 4.91. The number of rotatable bonds is 8. The standard InChI is InChI=1S/C26H28FN3O5/c27-20-12-10-18(11-13-20)15-29(21-7-2-1-3-8-21)24(32)17-35-25(33)22-9-5-4-6-19(22)16-30-23(31)14-28-26(30)34/h4-6,9-13,21H,1-3,7-8,14-17H2,(H,28,34). The molecule has 0 radical (unpaired) electrons. The molecule has 1 saturated heterocycles. The van der Waals surface area contributed by atoms with Crippen LogP contribution in [0.5, 0.6) is 0 Å². The third kappa shape index (κ3) is 6.03. The Kier molecular flexibility index (Phi) is 7.74. The Morgan fingerprint density at radius 3 is 2.43 bits per heavy atom. The summed E-state index contributed by atoms with van der Waals surface area (Å²) in [6.45, 7) is -0.272. The monoisotopic (exact) mass is 481 g/mol. The molecule has 1 N–H and O–H groups in total. The molecule has 184 valence electrons. The molecular formula is C26H28FN3O5. The van der Waals surface area contributed by atoms with E-state index in [9.17, 15) is 23.6 Å². The van der Waals surface area contributed by atoms with Crippen molar-refractivity contribution < 1.29 is 28.3 Å². The van der Waals surface area contributed by atoms with Crippen molar-refractivity contribution in [2.24, 2.45) is 0 Å². The SMILES string of the molecule is O=C(OCC(=O)N(Cc1ccc(F)cc1)C1CCCCC1)c1ccccc1CN1C(=O)CNC1=O. The molecule has 9 heteroatoms. The number of esters is 1. The average molecular weight is 482 g/mol. The molecule has 0 atom stereocenters. The normalized spacial score (nSPS) is 16.2. The van der Waals surface area contributed by atoms with E-state index >= 15 is 0 Å². The van der Waals surface area contributed by atoms with Crippen molar-refractivity contribution in [2.45, 2.75) is 51.2 Å². The number of urea groups is 1. The van der Waals surface area contributed by atoms with Gasteiger partial charge in [-0.1, -0.05) is 49.6 Å². The van der Waals surface area contributed by atoms with Crippen LogP contribution >= 0.6 is 0 Å². The second kappa shape index (κ2) is 11.1. The molecule has 4 rings (SSSR count). The van der Waals surface area contributed by atoms with E-state index < -0.39 is 18.6 Å². The van der Waals surface area contributed by atoms with Gasteiger partial charge in [-0.05, 0) is 42.2 Å². The van der Waals surface area contributed by atoms with E-state index in [1.165, 1.54) is 18.2 Å². The number of carbonyl (C=O) groups excluding carboxylic acids is 4. The summed E-state index contributed by atoms with van der Waals surface area (Å²) in [6, 6.07) is 12.1. The summed E-state index contributed by atoms with van der Waals surface area (Å²) in [4.78, 5) is 52.6. The lowest BCUT2D eigenvalue weighted by atomic mass is 9.93. The van der Waals surface area contributed by atoms with Gasteiger partial charge in [0.05, 0.1) is 18.7 Å². The Labute approximate surface area is 203 Å². The molecule has 0 unspecified atom stereocenters. The first-order valence-electron chi connectivity index (χ1n) is 11.8. The van der Waals surface area contributed by atoms with Gasteiger partial charge in [-0.25, -0.2) is 14.0 Å². The van der Waals surface area contributed by atoms with Gasteiger partial charge < -0.3 is 15.0 Å². The minimum atomic E-state index is -0.702. The summed E-state index contributed by atoms with van der Waals surface area (Å²) in [5, 5.41) is 2.45. The molecule has 2 aliphatic rings. The fourth-order valence-corrected chi connectivity index (χ4v) is 4.53. The van der Waals surface area contributed by atoms with Crippen LogP contribution in [-0.2, 0) is 27.4 Å². The number of nitrogens with zero attached hydrogens (tertiary/aromatic N) is 2. The minimum Gasteiger partial charge on any atom is -0.452 e. The highest BCUT2D eigenvalue weighted by molar-refractivity contribution is 6.02. The van der Waals surface area contributed by atoms with E-state index in [1.54, 1.807) is 35.2 Å². The smallest absolute Gasteiger partial charge is 0.338 e. The predicted octanol–water partition coefficient (Wildman–Crippen LogP) is 3.40. The lowest BCUT2D eigenvalue weighted by molar-refractivity contribution is -0.138. The van der Waals surface area contributed by atoms with Gasteiger partial charge in [0.25, 0.3) is 5.91 Å². The van der Waals surface area contributed by atoms with Gasteiger partial charge in [0.1, 0.15) is 5.82 Å². The first-order chi connectivity index (χ1) is 16.9. The fraction of sp³-hybridized carbons (Fsp3) is 0.385. The quantitative estimate of drug-likeness (QED) is 0.461. The molecule has 0 spiro atoms. The maximum absolute atomic E-state index is 13.3. The number of ether oxygens (including phenoxy) is 1. The van der Waals surface area contributed by atoms with Crippen LogP contribution < -0.4 is 5.32 Å². The Morgan fingerprint density at radius 1 is 1.03 bits per heavy atom. The van der Waals surface area contributed by atoms with E-state index in [1.807, 2.05) is 0 Å². The number of benzene rings is 2. The molecule has 1 heterocycles. The highest BCUT2D eigenvalue weighted by atomic mass is 19.1. The third-order valence-corrected chi connectivity index (χ3v) is 6.43. The van der Waals surface area contributed by atoms with Crippen LogP contribution in [0.2, 0.25) is 0 Å². The van der Waals surface area contributed by atoms with Crippen LogP contribution in [0.3, 0.4) is 0 Å². The van der Waals surface area contributed by atoms with Crippen molar-refractivity contribution in [2.75, 3.05) is 13.2 Å². The molecule has 2 aromatic rings. The third-order valence-electron chi connectivity index (χ3n) is 6.43. The van der Waals surface area contributed by atoms with Crippen LogP contribution in [0, 0.1) is 5.82 Å². The molecule has 1 aliphatic heterocycles. The maximum atomic E-state index is 13.3. The summed E-state index contributed by atoms with van der Waals surface area (Å²) >= 11 is 0. The van der Waals surface area contributed by atoms with Gasteiger partial charge in [-0.15, -0.1) is 0 Å². The average Bonchev–Trinajstić information content (AvgIpc) is 3.19. The van der Waals surface area contributed by atoms with E-state index in [2.05, 4.69) is 5.32 Å². The highest BCUT2D eigenvalue weighted by Gasteiger charge is 2.30. The van der Waals surface area contributed by atoms with Crippen LogP contribution in [-0.4, -0.2) is 52.8 Å². The van der Waals surface area contributed by atoms with Crippen LogP contribution in [0.1, 0.15) is 53.6 Å². The lowest BCUT2D eigenvalue weighted by Crippen LogP contribution is -2.43. The van der Waals surface area contributed by atoms with Crippen molar-refractivity contribution in [1.29, 1.82) is 0 Å². The van der Waals surface area contributed by atoms with Crippen molar-refractivity contribution in [3.8, 4) is 0 Å². The molecule has 8 nitrogen and oxygen atoms in total. The minimum absolute atomic E-state index is 0.0342. The summed E-state index contributed by atoms with van der Waals surface area (Å²) < 4.78 is 18.7. The van der Waals surface area contributed by atoms with Gasteiger partial charge in [0.15, 0.2) is 6.61 Å². The molecule has 1 aliphatic carbocycles. The van der Waals surface area contributed by atoms with Crippen LogP contribution in [0.15, 0.2) is 48.5 Å². The molecule has 35 heavy (non-hydrogen) atoms. The number of amides is 4. The molecule has 0 bridgehead atoms. The molecule has 1 saturated carbocycles. The number of imide groups is 1. The van der Waals surface area contributed by atoms with E-state index in [0.29, 0.717) is 12.1 Å². The number of halogens is 1. The molecule has 2 aromatic carbocycles. The molecule has 4 amide bonds. The van der Waals surface area contributed by atoms with Gasteiger partial charge >= 0.3 is 12.0 Å². The summed E-state index contributed by atoms with van der Waals surface area (Å²) in [7, 11) is 0. The zero-order valence-electron chi connectivity index (χ0n) is 19.4. The van der Waals surface area contributed by atoms with Crippen molar-refractivity contribution in [3.63, 3.8) is 0 Å². The van der Waals surface area contributed by atoms with Gasteiger partial charge in [-0.3, -0.25) is 14.5 Å². The Bertz CT molecular complexity index is 1080. The first-order valence-corrected chi connectivity index (χ1v) is 11.8. The van der Waals surface area contributed by atoms with E-state index in [4.69, 9.17) is 4.74 Å². The molecule has 2 fully saturated rings. The number of nitrogens with one attached hydrogen (secondary N) is 1. The zero-order valence-corrected chi connectivity index (χ0v) is 19.4. The maximum Gasteiger partial charge on any atom is 0.338 e. The largest absolute Gasteiger partial charge is 0.452 e. The zero-order chi connectivity index (χ0) is 24.8. The molecular weight excluding hydrogens is 453 g/mol. The fourth-order valence-electron chi connectivity index (χ4n) is 4.53. The molecule has 0 aromatic heterocycles. The van der Waals surface area contributed by atoms with Crippen molar-refractivity contribution in [3.05, 3.63) is 71.0 Å². The van der Waals surface area contributed by atoms with Gasteiger partial charge in [-0.2, -0.15) is 0 Å². The van der Waals surface area contributed by atoms with Crippen molar-refractivity contribution in [1.82, 2.24) is 15.1 Å². The first kappa shape index (κ1) is 24.4. The van der Waals surface area contributed by atoms with E-state index in [-0.39, 0.29) is 42.3 Å². The highest BCUT2D eigenvalue weighted by Crippen LogP contribution is 2.25. The number of hydrogen-bond acceptors (Lipinski definition) is 5.